The Bertz CT molecular complexity index is 911. The number of amides is 1. The van der Waals surface area contributed by atoms with Gasteiger partial charge in [0.25, 0.3) is 0 Å². The zero-order chi connectivity index (χ0) is 19.4. The van der Waals surface area contributed by atoms with Crippen molar-refractivity contribution in [1.82, 2.24) is 9.21 Å². The van der Waals surface area contributed by atoms with Gasteiger partial charge in [-0.05, 0) is 23.8 Å². The highest BCUT2D eigenvalue weighted by Gasteiger charge is 2.29. The lowest BCUT2D eigenvalue weighted by Gasteiger charge is -2.34. The molecule has 8 heteroatoms. The van der Waals surface area contributed by atoms with E-state index in [-0.39, 0.29) is 15.8 Å². The fourth-order valence-electron chi connectivity index (χ4n) is 3.07. The molecule has 1 heterocycles. The lowest BCUT2D eigenvalue weighted by Crippen LogP contribution is -2.48. The molecule has 2 aromatic carbocycles. The Hall–Kier alpha value is -1.93. The quantitative estimate of drug-likeness (QED) is 0.827. The topological polar surface area (TPSA) is 69.7 Å². The Balaban J connectivity index is 1.66. The minimum Gasteiger partial charge on any atom is -0.325 e. The number of hydrogen-bond acceptors (Lipinski definition) is 4. The SMILES string of the molecule is CC(=O)Nc1ccc(S(=O)(=O)N2CCN(Cc3ccccc3)CC2)cc1Cl. The number of piperazine rings is 1. The molecule has 2 aromatic rings. The molecular formula is C19H22ClN3O3S. The first kappa shape index (κ1) is 19.8. The number of nitrogens with zero attached hydrogens (tertiary/aromatic N) is 2. The van der Waals surface area contributed by atoms with Crippen LogP contribution in [0.15, 0.2) is 53.4 Å². The number of carbonyl (C=O) groups excluding carboxylic acids is 1. The normalized spacial score (nSPS) is 16.2. The van der Waals surface area contributed by atoms with Gasteiger partial charge >= 0.3 is 0 Å². The number of sulfonamides is 1. The highest BCUT2D eigenvalue weighted by molar-refractivity contribution is 7.89. The molecule has 1 amide bonds. The van der Waals surface area contributed by atoms with Gasteiger partial charge in [-0.3, -0.25) is 9.69 Å². The molecule has 1 fully saturated rings. The molecule has 0 aromatic heterocycles. The van der Waals surface area contributed by atoms with E-state index in [9.17, 15) is 13.2 Å². The maximum absolute atomic E-state index is 12.9. The first-order valence-electron chi connectivity index (χ1n) is 8.70. The molecule has 0 atom stereocenters. The Kier molecular flexibility index (Phi) is 6.16. The van der Waals surface area contributed by atoms with E-state index >= 15 is 0 Å². The van der Waals surface area contributed by atoms with Gasteiger partial charge < -0.3 is 5.32 Å². The zero-order valence-electron chi connectivity index (χ0n) is 15.1. The van der Waals surface area contributed by atoms with Crippen molar-refractivity contribution in [3.05, 3.63) is 59.1 Å². The second kappa shape index (κ2) is 8.39. The molecule has 3 rings (SSSR count). The summed E-state index contributed by atoms with van der Waals surface area (Å²) in [5, 5.41) is 2.78. The molecule has 0 bridgehead atoms. The summed E-state index contributed by atoms with van der Waals surface area (Å²) < 4.78 is 27.3. The van der Waals surface area contributed by atoms with Gasteiger partial charge in [0.05, 0.1) is 15.6 Å². The largest absolute Gasteiger partial charge is 0.325 e. The van der Waals surface area contributed by atoms with Crippen LogP contribution in [-0.4, -0.2) is 49.7 Å². The first-order valence-corrected chi connectivity index (χ1v) is 10.5. The van der Waals surface area contributed by atoms with Gasteiger partial charge in [-0.1, -0.05) is 41.9 Å². The molecule has 1 aliphatic heterocycles. The smallest absolute Gasteiger partial charge is 0.243 e. The molecule has 0 spiro atoms. The number of benzene rings is 2. The lowest BCUT2D eigenvalue weighted by molar-refractivity contribution is -0.114. The van der Waals surface area contributed by atoms with Crippen molar-refractivity contribution in [3.8, 4) is 0 Å². The maximum atomic E-state index is 12.9. The summed E-state index contributed by atoms with van der Waals surface area (Å²) in [6.45, 7) is 4.39. The molecule has 6 nitrogen and oxygen atoms in total. The molecule has 1 N–H and O–H groups in total. The van der Waals surface area contributed by atoms with Gasteiger partial charge in [-0.2, -0.15) is 4.31 Å². The number of rotatable bonds is 5. The average molecular weight is 408 g/mol. The van der Waals surface area contributed by atoms with E-state index in [1.807, 2.05) is 18.2 Å². The predicted octanol–water partition coefficient (Wildman–Crippen LogP) is 2.80. The van der Waals surface area contributed by atoms with Crippen LogP contribution in [0.4, 0.5) is 5.69 Å². The summed E-state index contributed by atoms with van der Waals surface area (Å²) in [7, 11) is -3.62. The number of hydrogen-bond donors (Lipinski definition) is 1. The van der Waals surface area contributed by atoms with Crippen LogP contribution in [0.2, 0.25) is 5.02 Å². The third-order valence-corrected chi connectivity index (χ3v) is 6.68. The standard InChI is InChI=1S/C19H22ClN3O3S/c1-15(24)21-19-8-7-17(13-18(19)20)27(25,26)23-11-9-22(10-12-23)14-16-5-3-2-4-6-16/h2-8,13H,9-12,14H2,1H3,(H,21,24). The van der Waals surface area contributed by atoms with Crippen LogP contribution in [0.5, 0.6) is 0 Å². The predicted molar refractivity (Wildman–Crippen MR) is 106 cm³/mol. The minimum absolute atomic E-state index is 0.137. The third kappa shape index (κ3) is 4.87. The van der Waals surface area contributed by atoms with Gasteiger partial charge in [0.2, 0.25) is 15.9 Å². The number of nitrogens with one attached hydrogen (secondary N) is 1. The van der Waals surface area contributed by atoms with Gasteiger partial charge in [0.1, 0.15) is 0 Å². The van der Waals surface area contributed by atoms with E-state index in [4.69, 9.17) is 11.6 Å². The molecule has 1 saturated heterocycles. The van der Waals surface area contributed by atoms with Crippen LogP contribution in [0.25, 0.3) is 0 Å². The van der Waals surface area contributed by atoms with E-state index in [0.717, 1.165) is 6.54 Å². The van der Waals surface area contributed by atoms with E-state index < -0.39 is 10.0 Å². The molecule has 27 heavy (non-hydrogen) atoms. The van der Waals surface area contributed by atoms with Crippen molar-refractivity contribution in [2.24, 2.45) is 0 Å². The van der Waals surface area contributed by atoms with Crippen molar-refractivity contribution < 1.29 is 13.2 Å². The van der Waals surface area contributed by atoms with Crippen LogP contribution >= 0.6 is 11.6 Å². The van der Waals surface area contributed by atoms with E-state index in [1.165, 1.54) is 35.0 Å². The van der Waals surface area contributed by atoms with Gasteiger partial charge in [-0.25, -0.2) is 8.42 Å². The fraction of sp³-hybridized carbons (Fsp3) is 0.316. The summed E-state index contributed by atoms with van der Waals surface area (Å²) in [5.74, 6) is -0.262. The Labute approximate surface area is 164 Å². The molecule has 0 saturated carbocycles. The maximum Gasteiger partial charge on any atom is 0.243 e. The Morgan fingerprint density at radius 1 is 1.07 bits per heavy atom. The zero-order valence-corrected chi connectivity index (χ0v) is 16.6. The highest BCUT2D eigenvalue weighted by Crippen LogP contribution is 2.27. The summed E-state index contributed by atoms with van der Waals surface area (Å²) in [5.41, 5.74) is 1.62. The molecule has 144 valence electrons. The summed E-state index contributed by atoms with van der Waals surface area (Å²) in [6, 6.07) is 14.5. The van der Waals surface area contributed by atoms with Crippen molar-refractivity contribution in [1.29, 1.82) is 0 Å². The third-order valence-electron chi connectivity index (χ3n) is 4.47. The van der Waals surface area contributed by atoms with Crippen LogP contribution in [0.3, 0.4) is 0 Å². The lowest BCUT2D eigenvalue weighted by atomic mass is 10.2. The number of carbonyl (C=O) groups is 1. The van der Waals surface area contributed by atoms with E-state index in [2.05, 4.69) is 22.3 Å². The summed E-state index contributed by atoms with van der Waals surface area (Å²) in [4.78, 5) is 13.5. The van der Waals surface area contributed by atoms with Gasteiger partial charge in [0, 0.05) is 39.6 Å². The fourth-order valence-corrected chi connectivity index (χ4v) is 4.81. The number of halogens is 1. The molecule has 0 radical (unpaired) electrons. The number of anilines is 1. The van der Waals surface area contributed by atoms with Crippen molar-refractivity contribution >= 4 is 33.2 Å². The first-order chi connectivity index (χ1) is 12.9. The molecule has 0 aliphatic carbocycles. The average Bonchev–Trinajstić information content (AvgIpc) is 2.64. The van der Waals surface area contributed by atoms with Crippen LogP contribution < -0.4 is 5.32 Å². The highest BCUT2D eigenvalue weighted by atomic mass is 35.5. The van der Waals surface area contributed by atoms with Gasteiger partial charge in [0.15, 0.2) is 0 Å². The molecular weight excluding hydrogens is 386 g/mol. The van der Waals surface area contributed by atoms with Gasteiger partial charge in [-0.15, -0.1) is 0 Å². The van der Waals surface area contributed by atoms with Crippen LogP contribution in [0.1, 0.15) is 12.5 Å². The second-order valence-electron chi connectivity index (χ2n) is 6.49. The monoisotopic (exact) mass is 407 g/mol. The summed E-state index contributed by atoms with van der Waals surface area (Å²) >= 11 is 6.13. The Morgan fingerprint density at radius 3 is 2.33 bits per heavy atom. The van der Waals surface area contributed by atoms with Crippen molar-refractivity contribution in [2.75, 3.05) is 31.5 Å². The van der Waals surface area contributed by atoms with E-state index in [1.54, 1.807) is 0 Å². The molecule has 1 aliphatic rings. The Morgan fingerprint density at radius 2 is 1.74 bits per heavy atom. The molecule has 0 unspecified atom stereocenters. The second-order valence-corrected chi connectivity index (χ2v) is 8.83. The summed E-state index contributed by atoms with van der Waals surface area (Å²) in [6.07, 6.45) is 0. The van der Waals surface area contributed by atoms with Crippen LogP contribution in [-0.2, 0) is 21.4 Å². The van der Waals surface area contributed by atoms with Crippen molar-refractivity contribution in [2.45, 2.75) is 18.4 Å². The van der Waals surface area contributed by atoms with Crippen molar-refractivity contribution in [3.63, 3.8) is 0 Å². The minimum atomic E-state index is -3.62. The van der Waals surface area contributed by atoms with Crippen LogP contribution in [0, 0.1) is 0 Å². The van der Waals surface area contributed by atoms with E-state index in [0.29, 0.717) is 31.9 Å².